The number of nitrogens with one attached hydrogen (secondary N) is 1. The Labute approximate surface area is 103 Å². The van der Waals surface area contributed by atoms with Crippen molar-refractivity contribution in [1.29, 1.82) is 0 Å². The molecule has 80 valence electrons. The van der Waals surface area contributed by atoms with Gasteiger partial charge in [0.1, 0.15) is 5.82 Å². The van der Waals surface area contributed by atoms with Crippen LogP contribution in [-0.2, 0) is 0 Å². The molecule has 0 amide bonds. The molecule has 1 aromatic heterocycles. The van der Waals surface area contributed by atoms with Crippen molar-refractivity contribution in [3.63, 3.8) is 0 Å². The standard InChI is InChI=1S/C11H14IN3/c12-9-3-6(5-14-11(9)13)8-4-7-1-2-10(8)15-7/h3,5,7-8,10,15H,1-2,4H2,(H2,13,14)/t7-,8+,10+/m0/s1. The van der Waals surface area contributed by atoms with Crippen LogP contribution in [0.4, 0.5) is 5.82 Å². The number of nitrogens with zero attached hydrogens (tertiary/aromatic N) is 1. The van der Waals surface area contributed by atoms with Gasteiger partial charge in [-0.2, -0.15) is 0 Å². The van der Waals surface area contributed by atoms with Crippen LogP contribution in [-0.4, -0.2) is 17.1 Å². The quantitative estimate of drug-likeness (QED) is 0.778. The number of pyridine rings is 1. The van der Waals surface area contributed by atoms with Crippen LogP contribution in [0.2, 0.25) is 0 Å². The van der Waals surface area contributed by atoms with Gasteiger partial charge < -0.3 is 11.1 Å². The fourth-order valence-electron chi connectivity index (χ4n) is 2.86. The molecule has 0 radical (unpaired) electrons. The number of halogens is 1. The molecule has 0 aromatic carbocycles. The van der Waals surface area contributed by atoms with Crippen LogP contribution in [0.3, 0.4) is 0 Å². The van der Waals surface area contributed by atoms with E-state index in [4.69, 9.17) is 5.73 Å². The zero-order valence-corrected chi connectivity index (χ0v) is 10.6. The third-order valence-electron chi connectivity index (χ3n) is 3.62. The molecule has 0 aliphatic carbocycles. The minimum Gasteiger partial charge on any atom is -0.383 e. The first kappa shape index (κ1) is 9.84. The van der Waals surface area contributed by atoms with Gasteiger partial charge in [-0.05, 0) is 53.5 Å². The summed E-state index contributed by atoms with van der Waals surface area (Å²) < 4.78 is 1.08. The van der Waals surface area contributed by atoms with Crippen molar-refractivity contribution in [2.24, 2.45) is 0 Å². The van der Waals surface area contributed by atoms with Gasteiger partial charge >= 0.3 is 0 Å². The summed E-state index contributed by atoms with van der Waals surface area (Å²) in [6, 6.07) is 3.61. The molecule has 0 unspecified atom stereocenters. The lowest BCUT2D eigenvalue weighted by molar-refractivity contribution is 0.505. The van der Waals surface area contributed by atoms with E-state index in [2.05, 4.69) is 39.0 Å². The number of anilines is 1. The van der Waals surface area contributed by atoms with Crippen LogP contribution in [0.25, 0.3) is 0 Å². The minimum absolute atomic E-state index is 0.649. The lowest BCUT2D eigenvalue weighted by Gasteiger charge is -2.20. The summed E-state index contributed by atoms with van der Waals surface area (Å²) in [6.45, 7) is 0. The average Bonchev–Trinajstić information content (AvgIpc) is 2.83. The first-order chi connectivity index (χ1) is 7.24. The Kier molecular flexibility index (Phi) is 2.35. The van der Waals surface area contributed by atoms with E-state index < -0.39 is 0 Å². The lowest BCUT2D eigenvalue weighted by Crippen LogP contribution is -2.21. The zero-order chi connectivity index (χ0) is 10.4. The monoisotopic (exact) mass is 315 g/mol. The molecule has 2 aliphatic rings. The van der Waals surface area contributed by atoms with Gasteiger partial charge in [0.2, 0.25) is 0 Å². The normalized spacial score (nSPS) is 33.5. The maximum absolute atomic E-state index is 5.73. The number of nitrogens with two attached hydrogens (primary N) is 1. The van der Waals surface area contributed by atoms with Gasteiger partial charge in [0.05, 0.1) is 3.57 Å². The van der Waals surface area contributed by atoms with Crippen LogP contribution < -0.4 is 11.1 Å². The highest BCUT2D eigenvalue weighted by molar-refractivity contribution is 14.1. The first-order valence-corrected chi connectivity index (χ1v) is 6.49. The number of nitrogen functional groups attached to an aromatic ring is 1. The summed E-state index contributed by atoms with van der Waals surface area (Å²) in [5.41, 5.74) is 7.08. The molecule has 3 nitrogen and oxygen atoms in total. The number of rotatable bonds is 1. The molecule has 2 bridgehead atoms. The maximum atomic E-state index is 5.73. The van der Waals surface area contributed by atoms with Crippen molar-refractivity contribution in [2.45, 2.75) is 37.3 Å². The summed E-state index contributed by atoms with van der Waals surface area (Å²) >= 11 is 2.26. The summed E-state index contributed by atoms with van der Waals surface area (Å²) in [4.78, 5) is 4.25. The fourth-order valence-corrected chi connectivity index (χ4v) is 3.36. The van der Waals surface area contributed by atoms with E-state index in [0.717, 1.165) is 9.61 Å². The topological polar surface area (TPSA) is 50.9 Å². The van der Waals surface area contributed by atoms with Crippen LogP contribution in [0.1, 0.15) is 30.7 Å². The van der Waals surface area contributed by atoms with Crippen molar-refractivity contribution in [3.8, 4) is 0 Å². The highest BCUT2D eigenvalue weighted by Gasteiger charge is 2.39. The van der Waals surface area contributed by atoms with Gasteiger partial charge in [-0.1, -0.05) is 0 Å². The van der Waals surface area contributed by atoms with E-state index in [0.29, 0.717) is 17.8 Å². The molecule has 3 atom stereocenters. The second-order valence-electron chi connectivity index (χ2n) is 4.53. The van der Waals surface area contributed by atoms with Crippen molar-refractivity contribution < 1.29 is 0 Å². The van der Waals surface area contributed by atoms with Crippen LogP contribution in [0.15, 0.2) is 12.3 Å². The fraction of sp³-hybridized carbons (Fsp3) is 0.545. The first-order valence-electron chi connectivity index (χ1n) is 5.41. The second-order valence-corrected chi connectivity index (χ2v) is 5.69. The van der Waals surface area contributed by atoms with Gasteiger partial charge in [0, 0.05) is 24.2 Å². The lowest BCUT2D eigenvalue weighted by atomic mass is 9.85. The summed E-state index contributed by atoms with van der Waals surface area (Å²) in [6.07, 6.45) is 5.88. The Morgan fingerprint density at radius 1 is 1.47 bits per heavy atom. The smallest absolute Gasteiger partial charge is 0.136 e. The number of fused-ring (bicyclic) bond motifs is 2. The average molecular weight is 315 g/mol. The van der Waals surface area contributed by atoms with Gasteiger partial charge in [-0.3, -0.25) is 0 Å². The van der Waals surface area contributed by atoms with Crippen LogP contribution in [0.5, 0.6) is 0 Å². The van der Waals surface area contributed by atoms with E-state index in [1.807, 2.05) is 6.20 Å². The predicted molar refractivity (Wildman–Crippen MR) is 68.7 cm³/mol. The summed E-state index contributed by atoms with van der Waals surface area (Å²) in [5, 5.41) is 3.65. The molecule has 2 fully saturated rings. The number of hydrogen-bond donors (Lipinski definition) is 2. The Balaban J connectivity index is 1.90. The Morgan fingerprint density at radius 2 is 2.33 bits per heavy atom. The molecule has 3 N–H and O–H groups in total. The zero-order valence-electron chi connectivity index (χ0n) is 8.41. The Morgan fingerprint density at radius 3 is 2.93 bits per heavy atom. The second kappa shape index (κ2) is 3.59. The molecule has 2 aliphatic heterocycles. The van der Waals surface area contributed by atoms with Crippen molar-refractivity contribution in [1.82, 2.24) is 10.3 Å². The van der Waals surface area contributed by atoms with Crippen molar-refractivity contribution >= 4 is 28.4 Å². The number of hydrogen-bond acceptors (Lipinski definition) is 3. The SMILES string of the molecule is Nc1ncc([C@H]2C[C@@H]3CC[C@H]2N3)cc1I. The van der Waals surface area contributed by atoms with E-state index in [9.17, 15) is 0 Å². The van der Waals surface area contributed by atoms with E-state index >= 15 is 0 Å². The summed E-state index contributed by atoms with van der Waals surface area (Å²) in [5.74, 6) is 1.31. The molecule has 0 saturated carbocycles. The van der Waals surface area contributed by atoms with Gasteiger partial charge in [-0.15, -0.1) is 0 Å². The highest BCUT2D eigenvalue weighted by Crippen LogP contribution is 2.40. The van der Waals surface area contributed by atoms with E-state index in [1.54, 1.807) is 0 Å². The molecule has 4 heteroatoms. The van der Waals surface area contributed by atoms with Gasteiger partial charge in [-0.25, -0.2) is 4.98 Å². The summed E-state index contributed by atoms with van der Waals surface area (Å²) in [7, 11) is 0. The molecule has 1 aromatic rings. The van der Waals surface area contributed by atoms with Crippen LogP contribution in [0, 0.1) is 3.57 Å². The molecule has 3 rings (SSSR count). The molecule has 15 heavy (non-hydrogen) atoms. The molecule has 0 spiro atoms. The van der Waals surface area contributed by atoms with Gasteiger partial charge in [0.25, 0.3) is 0 Å². The van der Waals surface area contributed by atoms with Crippen molar-refractivity contribution in [2.75, 3.05) is 5.73 Å². The third kappa shape index (κ3) is 1.63. The van der Waals surface area contributed by atoms with E-state index in [-0.39, 0.29) is 0 Å². The number of aromatic nitrogens is 1. The molecule has 3 heterocycles. The van der Waals surface area contributed by atoms with Crippen molar-refractivity contribution in [3.05, 3.63) is 21.4 Å². The minimum atomic E-state index is 0.649. The van der Waals surface area contributed by atoms with E-state index in [1.165, 1.54) is 24.8 Å². The Bertz CT molecular complexity index is 393. The van der Waals surface area contributed by atoms with Gasteiger partial charge in [0.15, 0.2) is 0 Å². The maximum Gasteiger partial charge on any atom is 0.136 e. The molecular weight excluding hydrogens is 301 g/mol. The van der Waals surface area contributed by atoms with Crippen LogP contribution >= 0.6 is 22.6 Å². The predicted octanol–water partition coefficient (Wildman–Crippen LogP) is 1.88. The Hall–Kier alpha value is -0.360. The third-order valence-corrected chi connectivity index (χ3v) is 4.48. The largest absolute Gasteiger partial charge is 0.383 e. The molecule has 2 saturated heterocycles. The highest BCUT2D eigenvalue weighted by atomic mass is 127. The molecular formula is C11H14IN3.